The van der Waals surface area contributed by atoms with E-state index >= 15 is 0 Å². The van der Waals surface area contributed by atoms with Crippen molar-refractivity contribution in [3.8, 4) is 0 Å². The second-order valence-electron chi connectivity index (χ2n) is 6.27. The van der Waals surface area contributed by atoms with Crippen molar-refractivity contribution in [1.82, 2.24) is 9.97 Å². The lowest BCUT2D eigenvalue weighted by atomic mass is 10.1. The van der Waals surface area contributed by atoms with Crippen molar-refractivity contribution in [2.24, 2.45) is 0 Å². The molecule has 0 saturated heterocycles. The Balaban J connectivity index is 1.67. The number of hydrogen-bond donors (Lipinski definition) is 3. The van der Waals surface area contributed by atoms with Gasteiger partial charge in [-0.25, -0.2) is 9.97 Å². The Labute approximate surface area is 167 Å². The van der Waals surface area contributed by atoms with Gasteiger partial charge in [-0.1, -0.05) is 18.2 Å². The monoisotopic (exact) mass is 389 g/mol. The van der Waals surface area contributed by atoms with Crippen LogP contribution in [0.2, 0.25) is 0 Å². The fourth-order valence-corrected chi connectivity index (χ4v) is 2.54. The minimum atomic E-state index is -0.380. The van der Waals surface area contributed by atoms with Gasteiger partial charge in [-0.05, 0) is 37.3 Å². The van der Waals surface area contributed by atoms with Gasteiger partial charge >= 0.3 is 0 Å². The molecule has 0 atom stereocenters. The van der Waals surface area contributed by atoms with Crippen molar-refractivity contribution in [2.75, 3.05) is 16.0 Å². The molecule has 3 rings (SSSR count). The zero-order chi connectivity index (χ0) is 20.8. The molecule has 0 radical (unpaired) electrons. The SMILES string of the molecule is CC(=O)Nc1cccc(NC(=O)c2cnc(Nc3cccc(C(C)=O)c3)nc2)c1. The van der Waals surface area contributed by atoms with Crippen LogP contribution in [0.3, 0.4) is 0 Å². The van der Waals surface area contributed by atoms with Crippen LogP contribution in [0, 0.1) is 0 Å². The number of rotatable bonds is 6. The van der Waals surface area contributed by atoms with Crippen LogP contribution in [0.1, 0.15) is 34.6 Å². The van der Waals surface area contributed by atoms with Crippen molar-refractivity contribution < 1.29 is 14.4 Å². The van der Waals surface area contributed by atoms with Crippen molar-refractivity contribution in [1.29, 1.82) is 0 Å². The third-order valence-electron chi connectivity index (χ3n) is 3.88. The molecule has 0 spiro atoms. The Morgan fingerprint density at radius 3 is 2.03 bits per heavy atom. The van der Waals surface area contributed by atoms with E-state index < -0.39 is 0 Å². The average molecular weight is 389 g/mol. The van der Waals surface area contributed by atoms with Crippen LogP contribution in [0.4, 0.5) is 23.0 Å². The molecular weight excluding hydrogens is 370 g/mol. The zero-order valence-electron chi connectivity index (χ0n) is 15.9. The Morgan fingerprint density at radius 2 is 1.38 bits per heavy atom. The normalized spacial score (nSPS) is 10.1. The maximum atomic E-state index is 12.4. The standard InChI is InChI=1S/C21H19N5O3/c1-13(27)15-5-3-6-17(9-15)26-21-22-11-16(12-23-21)20(29)25-19-8-4-7-18(10-19)24-14(2)28/h3-12H,1-2H3,(H,24,28)(H,25,29)(H,22,23,26). The molecule has 1 aromatic heterocycles. The van der Waals surface area contributed by atoms with Gasteiger partial charge in [0.2, 0.25) is 11.9 Å². The van der Waals surface area contributed by atoms with Gasteiger partial charge in [0.15, 0.2) is 5.78 Å². The highest BCUT2D eigenvalue weighted by molar-refractivity contribution is 6.04. The third kappa shape index (κ3) is 5.46. The molecule has 29 heavy (non-hydrogen) atoms. The Bertz CT molecular complexity index is 1060. The van der Waals surface area contributed by atoms with E-state index in [1.807, 2.05) is 0 Å². The topological polar surface area (TPSA) is 113 Å². The number of ketones is 1. The van der Waals surface area contributed by atoms with Crippen LogP contribution in [0.25, 0.3) is 0 Å². The summed E-state index contributed by atoms with van der Waals surface area (Å²) in [5.41, 5.74) is 2.64. The first-order valence-electron chi connectivity index (χ1n) is 8.80. The minimum Gasteiger partial charge on any atom is -0.326 e. The highest BCUT2D eigenvalue weighted by Crippen LogP contribution is 2.17. The molecule has 0 saturated carbocycles. The largest absolute Gasteiger partial charge is 0.326 e. The molecule has 8 heteroatoms. The smallest absolute Gasteiger partial charge is 0.258 e. The first-order valence-corrected chi connectivity index (χ1v) is 8.80. The summed E-state index contributed by atoms with van der Waals surface area (Å²) in [6.07, 6.45) is 2.80. The molecule has 2 aromatic carbocycles. The minimum absolute atomic E-state index is 0.0378. The van der Waals surface area contributed by atoms with Crippen LogP contribution in [0.15, 0.2) is 60.9 Å². The molecule has 0 aliphatic heterocycles. The summed E-state index contributed by atoms with van der Waals surface area (Å²) >= 11 is 0. The highest BCUT2D eigenvalue weighted by Gasteiger charge is 2.09. The van der Waals surface area contributed by atoms with Crippen LogP contribution in [-0.2, 0) is 4.79 Å². The van der Waals surface area contributed by atoms with Gasteiger partial charge in [-0.3, -0.25) is 14.4 Å². The van der Waals surface area contributed by atoms with Crippen LogP contribution in [-0.4, -0.2) is 27.6 Å². The number of anilines is 4. The maximum Gasteiger partial charge on any atom is 0.258 e. The molecule has 1 heterocycles. The predicted octanol–water partition coefficient (Wildman–Crippen LogP) is 3.63. The van der Waals surface area contributed by atoms with E-state index in [0.29, 0.717) is 28.6 Å². The molecule has 0 fully saturated rings. The van der Waals surface area contributed by atoms with E-state index in [9.17, 15) is 14.4 Å². The van der Waals surface area contributed by atoms with E-state index in [1.54, 1.807) is 48.5 Å². The quantitative estimate of drug-likeness (QED) is 0.555. The molecule has 3 N–H and O–H groups in total. The molecule has 0 aliphatic rings. The summed E-state index contributed by atoms with van der Waals surface area (Å²) in [5.74, 6) is -0.312. The Kier molecular flexibility index (Phi) is 5.94. The Hall–Kier alpha value is -4.07. The van der Waals surface area contributed by atoms with E-state index in [2.05, 4.69) is 25.9 Å². The van der Waals surface area contributed by atoms with Gasteiger partial charge in [-0.2, -0.15) is 0 Å². The fourth-order valence-electron chi connectivity index (χ4n) is 2.54. The van der Waals surface area contributed by atoms with Crippen LogP contribution >= 0.6 is 0 Å². The van der Waals surface area contributed by atoms with Gasteiger partial charge < -0.3 is 16.0 Å². The first-order chi connectivity index (χ1) is 13.9. The molecule has 0 unspecified atom stereocenters. The molecule has 0 aliphatic carbocycles. The number of nitrogens with one attached hydrogen (secondary N) is 3. The van der Waals surface area contributed by atoms with Crippen molar-refractivity contribution in [3.05, 3.63) is 72.1 Å². The molecule has 0 bridgehead atoms. The van der Waals surface area contributed by atoms with E-state index in [0.717, 1.165) is 0 Å². The van der Waals surface area contributed by atoms with Crippen LogP contribution < -0.4 is 16.0 Å². The van der Waals surface area contributed by atoms with Crippen molar-refractivity contribution in [2.45, 2.75) is 13.8 Å². The summed E-state index contributed by atoms with van der Waals surface area (Å²) in [4.78, 5) is 43.3. The summed E-state index contributed by atoms with van der Waals surface area (Å²) in [6, 6.07) is 13.8. The summed E-state index contributed by atoms with van der Waals surface area (Å²) in [7, 11) is 0. The molecule has 2 amide bonds. The van der Waals surface area contributed by atoms with E-state index in [-0.39, 0.29) is 23.2 Å². The highest BCUT2D eigenvalue weighted by atomic mass is 16.2. The second-order valence-corrected chi connectivity index (χ2v) is 6.27. The number of amides is 2. The van der Waals surface area contributed by atoms with Gasteiger partial charge in [0.1, 0.15) is 0 Å². The maximum absolute atomic E-state index is 12.4. The van der Waals surface area contributed by atoms with E-state index in [1.165, 1.54) is 26.2 Å². The number of hydrogen-bond acceptors (Lipinski definition) is 6. The zero-order valence-corrected chi connectivity index (χ0v) is 15.9. The molecule has 8 nitrogen and oxygen atoms in total. The van der Waals surface area contributed by atoms with Crippen molar-refractivity contribution >= 4 is 40.6 Å². The van der Waals surface area contributed by atoms with E-state index in [4.69, 9.17) is 0 Å². The molecule has 146 valence electrons. The number of carbonyl (C=O) groups is 3. The van der Waals surface area contributed by atoms with Gasteiger partial charge in [-0.15, -0.1) is 0 Å². The lowest BCUT2D eigenvalue weighted by molar-refractivity contribution is -0.114. The Morgan fingerprint density at radius 1 is 0.759 bits per heavy atom. The fraction of sp³-hybridized carbons (Fsp3) is 0.0952. The molecular formula is C21H19N5O3. The lowest BCUT2D eigenvalue weighted by Gasteiger charge is -2.09. The first kappa shape index (κ1) is 19.7. The van der Waals surface area contributed by atoms with Crippen molar-refractivity contribution in [3.63, 3.8) is 0 Å². The predicted molar refractivity (Wildman–Crippen MR) is 110 cm³/mol. The second kappa shape index (κ2) is 8.75. The van der Waals surface area contributed by atoms with Gasteiger partial charge in [0.05, 0.1) is 5.56 Å². The summed E-state index contributed by atoms with van der Waals surface area (Å²) < 4.78 is 0. The lowest BCUT2D eigenvalue weighted by Crippen LogP contribution is -2.13. The number of benzene rings is 2. The number of carbonyl (C=O) groups excluding carboxylic acids is 3. The summed E-state index contributed by atoms with van der Waals surface area (Å²) in [5, 5.41) is 8.38. The molecule has 3 aromatic rings. The number of aromatic nitrogens is 2. The third-order valence-corrected chi connectivity index (χ3v) is 3.88. The van der Waals surface area contributed by atoms with Gasteiger partial charge in [0.25, 0.3) is 5.91 Å². The van der Waals surface area contributed by atoms with Crippen LogP contribution in [0.5, 0.6) is 0 Å². The van der Waals surface area contributed by atoms with Gasteiger partial charge in [0, 0.05) is 41.9 Å². The number of nitrogens with zero attached hydrogens (tertiary/aromatic N) is 2. The summed E-state index contributed by atoms with van der Waals surface area (Å²) in [6.45, 7) is 2.91. The average Bonchev–Trinajstić information content (AvgIpc) is 2.68. The number of Topliss-reactive ketones (excluding diaryl/α,β-unsaturated/α-hetero) is 1.